The van der Waals surface area contributed by atoms with E-state index in [1.807, 2.05) is 0 Å². The van der Waals surface area contributed by atoms with Gasteiger partial charge in [0, 0.05) is 37.6 Å². The second-order valence-electron chi connectivity index (χ2n) is 6.24. The summed E-state index contributed by atoms with van der Waals surface area (Å²) in [5, 5.41) is 3.38. The van der Waals surface area contributed by atoms with E-state index in [2.05, 4.69) is 27.1 Å². The quantitative estimate of drug-likeness (QED) is 0.816. The summed E-state index contributed by atoms with van der Waals surface area (Å²) in [4.78, 5) is 9.77. The third-order valence-corrected chi connectivity index (χ3v) is 6.03. The van der Waals surface area contributed by atoms with Crippen LogP contribution in [0.15, 0.2) is 5.38 Å². The SMILES string of the molecule is Cc1csc(N2CC(N3CC4CCCC4C3)C2)n1. The lowest BCUT2D eigenvalue weighted by Crippen LogP contribution is -2.59. The summed E-state index contributed by atoms with van der Waals surface area (Å²) in [7, 11) is 0. The summed E-state index contributed by atoms with van der Waals surface area (Å²) in [6.07, 6.45) is 4.46. The van der Waals surface area contributed by atoms with Gasteiger partial charge in [-0.3, -0.25) is 4.90 Å². The van der Waals surface area contributed by atoms with Gasteiger partial charge in [0.2, 0.25) is 0 Å². The Morgan fingerprint density at radius 1 is 1.17 bits per heavy atom. The molecule has 1 aromatic heterocycles. The second-order valence-corrected chi connectivity index (χ2v) is 7.07. The molecule has 98 valence electrons. The Morgan fingerprint density at radius 3 is 2.50 bits per heavy atom. The first-order valence-electron chi connectivity index (χ1n) is 7.21. The van der Waals surface area contributed by atoms with Crippen LogP contribution in [0.25, 0.3) is 0 Å². The Morgan fingerprint density at radius 2 is 1.89 bits per heavy atom. The molecular formula is C14H21N3S. The molecule has 3 nitrogen and oxygen atoms in total. The number of hydrogen-bond acceptors (Lipinski definition) is 4. The van der Waals surface area contributed by atoms with E-state index in [0.29, 0.717) is 0 Å². The van der Waals surface area contributed by atoms with Crippen LogP contribution in [0, 0.1) is 18.8 Å². The van der Waals surface area contributed by atoms with Crippen molar-refractivity contribution in [2.75, 3.05) is 31.1 Å². The third-order valence-electron chi connectivity index (χ3n) is 5.01. The van der Waals surface area contributed by atoms with Crippen LogP contribution in [0.4, 0.5) is 5.13 Å². The number of anilines is 1. The fourth-order valence-electron chi connectivity index (χ4n) is 3.90. The maximum atomic E-state index is 4.58. The molecule has 3 fully saturated rings. The molecule has 1 saturated carbocycles. The average molecular weight is 263 g/mol. The number of fused-ring (bicyclic) bond motifs is 1. The number of nitrogens with zero attached hydrogens (tertiary/aromatic N) is 3. The summed E-state index contributed by atoms with van der Waals surface area (Å²) in [5.74, 6) is 2.06. The van der Waals surface area contributed by atoms with Gasteiger partial charge in [-0.1, -0.05) is 6.42 Å². The molecule has 1 aliphatic carbocycles. The first kappa shape index (κ1) is 11.2. The Balaban J connectivity index is 1.34. The van der Waals surface area contributed by atoms with Gasteiger partial charge in [-0.15, -0.1) is 11.3 Å². The number of thiazole rings is 1. The lowest BCUT2D eigenvalue weighted by atomic mass is 10.0. The van der Waals surface area contributed by atoms with Gasteiger partial charge in [-0.2, -0.15) is 0 Å². The molecule has 0 amide bonds. The molecule has 4 heteroatoms. The van der Waals surface area contributed by atoms with Crippen molar-refractivity contribution in [2.24, 2.45) is 11.8 Å². The molecule has 0 N–H and O–H groups in total. The molecule has 3 aliphatic rings. The predicted octanol–water partition coefficient (Wildman–Crippen LogP) is 2.37. The topological polar surface area (TPSA) is 19.4 Å². The first-order chi connectivity index (χ1) is 8.79. The molecule has 0 aromatic carbocycles. The van der Waals surface area contributed by atoms with E-state index < -0.39 is 0 Å². The van der Waals surface area contributed by atoms with Crippen LogP contribution in [0.5, 0.6) is 0 Å². The number of hydrogen-bond donors (Lipinski definition) is 0. The Hall–Kier alpha value is -0.610. The van der Waals surface area contributed by atoms with Crippen molar-refractivity contribution < 1.29 is 0 Å². The fourth-order valence-corrected chi connectivity index (χ4v) is 4.72. The van der Waals surface area contributed by atoms with Crippen LogP contribution in [-0.4, -0.2) is 42.1 Å². The predicted molar refractivity (Wildman–Crippen MR) is 75.3 cm³/mol. The van der Waals surface area contributed by atoms with E-state index in [1.54, 1.807) is 11.3 Å². The molecule has 2 atom stereocenters. The van der Waals surface area contributed by atoms with Gasteiger partial charge in [0.05, 0.1) is 5.69 Å². The average Bonchev–Trinajstić information content (AvgIpc) is 2.91. The molecule has 4 rings (SSSR count). The molecular weight excluding hydrogens is 242 g/mol. The molecule has 2 aliphatic heterocycles. The first-order valence-corrected chi connectivity index (χ1v) is 8.08. The minimum absolute atomic E-state index is 0.805. The second kappa shape index (κ2) is 4.20. The van der Waals surface area contributed by atoms with Gasteiger partial charge in [-0.25, -0.2) is 4.98 Å². The smallest absolute Gasteiger partial charge is 0.185 e. The Bertz CT molecular complexity index is 426. The largest absolute Gasteiger partial charge is 0.345 e. The lowest BCUT2D eigenvalue weighted by molar-refractivity contribution is 0.190. The van der Waals surface area contributed by atoms with Crippen LogP contribution < -0.4 is 4.90 Å². The Labute approximate surface area is 113 Å². The minimum Gasteiger partial charge on any atom is -0.345 e. The van der Waals surface area contributed by atoms with E-state index >= 15 is 0 Å². The molecule has 0 bridgehead atoms. The van der Waals surface area contributed by atoms with Gasteiger partial charge in [-0.05, 0) is 31.6 Å². The highest BCUT2D eigenvalue weighted by Gasteiger charge is 2.42. The van der Waals surface area contributed by atoms with Gasteiger partial charge < -0.3 is 4.90 Å². The number of aromatic nitrogens is 1. The van der Waals surface area contributed by atoms with Crippen molar-refractivity contribution in [1.82, 2.24) is 9.88 Å². The van der Waals surface area contributed by atoms with Crippen LogP contribution in [0.3, 0.4) is 0 Å². The summed E-state index contributed by atoms with van der Waals surface area (Å²) < 4.78 is 0. The summed E-state index contributed by atoms with van der Waals surface area (Å²) in [6.45, 7) is 7.23. The van der Waals surface area contributed by atoms with Crippen LogP contribution in [0.2, 0.25) is 0 Å². The monoisotopic (exact) mass is 263 g/mol. The van der Waals surface area contributed by atoms with E-state index in [0.717, 1.165) is 23.6 Å². The van der Waals surface area contributed by atoms with E-state index in [4.69, 9.17) is 0 Å². The van der Waals surface area contributed by atoms with Crippen LogP contribution in [-0.2, 0) is 0 Å². The zero-order valence-corrected chi connectivity index (χ0v) is 11.8. The highest BCUT2D eigenvalue weighted by molar-refractivity contribution is 7.13. The molecule has 0 spiro atoms. The fraction of sp³-hybridized carbons (Fsp3) is 0.786. The summed E-state index contributed by atoms with van der Waals surface area (Å²) in [5.41, 5.74) is 1.16. The Kier molecular flexibility index (Phi) is 2.62. The van der Waals surface area contributed by atoms with E-state index in [1.165, 1.54) is 50.6 Å². The molecule has 2 saturated heterocycles. The van der Waals surface area contributed by atoms with Crippen molar-refractivity contribution in [1.29, 1.82) is 0 Å². The van der Waals surface area contributed by atoms with Gasteiger partial charge in [0.25, 0.3) is 0 Å². The minimum atomic E-state index is 0.805. The number of rotatable bonds is 2. The summed E-state index contributed by atoms with van der Waals surface area (Å²) >= 11 is 1.79. The van der Waals surface area contributed by atoms with Gasteiger partial charge in [0.1, 0.15) is 0 Å². The third kappa shape index (κ3) is 1.77. The van der Waals surface area contributed by atoms with Crippen LogP contribution in [0.1, 0.15) is 25.0 Å². The highest BCUT2D eigenvalue weighted by Crippen LogP contribution is 2.40. The van der Waals surface area contributed by atoms with E-state index in [-0.39, 0.29) is 0 Å². The molecule has 18 heavy (non-hydrogen) atoms. The van der Waals surface area contributed by atoms with Gasteiger partial charge in [0.15, 0.2) is 5.13 Å². The summed E-state index contributed by atoms with van der Waals surface area (Å²) in [6, 6.07) is 0.805. The molecule has 3 heterocycles. The van der Waals surface area contributed by atoms with Crippen molar-refractivity contribution >= 4 is 16.5 Å². The zero-order chi connectivity index (χ0) is 12.1. The normalized spacial score (nSPS) is 32.8. The maximum absolute atomic E-state index is 4.58. The van der Waals surface area contributed by atoms with Crippen molar-refractivity contribution in [3.63, 3.8) is 0 Å². The van der Waals surface area contributed by atoms with Crippen LogP contribution >= 0.6 is 11.3 Å². The lowest BCUT2D eigenvalue weighted by Gasteiger charge is -2.44. The number of aryl methyl sites for hydroxylation is 1. The standard InChI is InChI=1S/C14H21N3S/c1-10-9-18-14(15-10)17-7-13(8-17)16-5-11-3-2-4-12(11)6-16/h9,11-13H,2-8H2,1H3. The van der Waals surface area contributed by atoms with Gasteiger partial charge >= 0.3 is 0 Å². The molecule has 0 radical (unpaired) electrons. The molecule has 2 unspecified atom stereocenters. The maximum Gasteiger partial charge on any atom is 0.185 e. The van der Waals surface area contributed by atoms with Crippen molar-refractivity contribution in [3.05, 3.63) is 11.1 Å². The van der Waals surface area contributed by atoms with Crippen molar-refractivity contribution in [3.8, 4) is 0 Å². The zero-order valence-electron chi connectivity index (χ0n) is 11.0. The van der Waals surface area contributed by atoms with Crippen molar-refractivity contribution in [2.45, 2.75) is 32.2 Å². The molecule has 1 aromatic rings. The van der Waals surface area contributed by atoms with E-state index in [9.17, 15) is 0 Å². The number of likely N-dealkylation sites (tertiary alicyclic amines) is 1. The highest BCUT2D eigenvalue weighted by atomic mass is 32.1.